The minimum atomic E-state index is -0.480. The Kier molecular flexibility index (Phi) is 7.70. The summed E-state index contributed by atoms with van der Waals surface area (Å²) in [7, 11) is 3.04. The highest BCUT2D eigenvalue weighted by Crippen LogP contribution is 2.30. The Morgan fingerprint density at radius 1 is 1.00 bits per heavy atom. The van der Waals surface area contributed by atoms with Gasteiger partial charge in [-0.1, -0.05) is 37.6 Å². The van der Waals surface area contributed by atoms with Gasteiger partial charge in [-0.25, -0.2) is 0 Å². The molecule has 0 aliphatic rings. The Morgan fingerprint density at radius 2 is 1.64 bits per heavy atom. The van der Waals surface area contributed by atoms with Crippen LogP contribution in [0.3, 0.4) is 0 Å². The van der Waals surface area contributed by atoms with Gasteiger partial charge >= 0.3 is 5.97 Å². The van der Waals surface area contributed by atoms with Gasteiger partial charge in [0.25, 0.3) is 5.91 Å². The molecule has 0 aliphatic heterocycles. The molecule has 0 aliphatic carbocycles. The summed E-state index contributed by atoms with van der Waals surface area (Å²) in [5, 5.41) is 3.26. The lowest BCUT2D eigenvalue weighted by Gasteiger charge is -2.20. The molecule has 28 heavy (non-hydrogen) atoms. The van der Waals surface area contributed by atoms with Gasteiger partial charge in [-0.15, -0.1) is 0 Å². The van der Waals surface area contributed by atoms with Crippen molar-refractivity contribution in [3.8, 4) is 11.5 Å². The van der Waals surface area contributed by atoms with Crippen LogP contribution in [-0.2, 0) is 14.3 Å². The lowest BCUT2D eigenvalue weighted by Crippen LogP contribution is -2.26. The molecule has 2 aromatic carbocycles. The number of benzene rings is 2. The lowest BCUT2D eigenvalue weighted by molar-refractivity contribution is -0.149. The Morgan fingerprint density at radius 3 is 2.21 bits per heavy atom. The van der Waals surface area contributed by atoms with Crippen LogP contribution in [0, 0.1) is 5.92 Å². The second-order valence-corrected chi connectivity index (χ2v) is 6.94. The Balaban J connectivity index is 1.98. The SMILES string of the molecule is COc1ccc(NC(=O)COC(=O)[C@@H](c2ccc(Cl)cc2)C(C)C)cc1OC. The standard InChI is InChI=1S/C21H24ClNO5/c1-13(2)20(14-5-7-15(22)8-6-14)21(25)28-12-19(24)23-16-9-10-17(26-3)18(11-16)27-4/h5-11,13,20H,12H2,1-4H3,(H,23,24)/t20-/m1/s1. The molecule has 0 unspecified atom stereocenters. The summed E-state index contributed by atoms with van der Waals surface area (Å²) in [4.78, 5) is 24.7. The zero-order valence-corrected chi connectivity index (χ0v) is 17.1. The van der Waals surface area contributed by atoms with Gasteiger partial charge in [0.1, 0.15) is 0 Å². The molecule has 2 rings (SSSR count). The zero-order valence-electron chi connectivity index (χ0n) is 16.3. The van der Waals surface area contributed by atoms with E-state index in [-0.39, 0.29) is 12.5 Å². The monoisotopic (exact) mass is 405 g/mol. The second-order valence-electron chi connectivity index (χ2n) is 6.50. The molecule has 0 heterocycles. The van der Waals surface area contributed by atoms with Crippen molar-refractivity contribution in [1.29, 1.82) is 0 Å². The molecule has 1 amide bonds. The number of hydrogen-bond donors (Lipinski definition) is 1. The van der Waals surface area contributed by atoms with Crippen molar-refractivity contribution in [1.82, 2.24) is 0 Å². The van der Waals surface area contributed by atoms with Crippen LogP contribution in [0.4, 0.5) is 5.69 Å². The average molecular weight is 406 g/mol. The molecule has 0 fully saturated rings. The zero-order chi connectivity index (χ0) is 20.7. The largest absolute Gasteiger partial charge is 0.493 e. The van der Waals surface area contributed by atoms with E-state index in [4.69, 9.17) is 25.8 Å². The number of esters is 1. The number of carbonyl (C=O) groups excluding carboxylic acids is 2. The van der Waals surface area contributed by atoms with Crippen LogP contribution in [-0.4, -0.2) is 32.7 Å². The van der Waals surface area contributed by atoms with E-state index in [1.807, 2.05) is 13.8 Å². The van der Waals surface area contributed by atoms with E-state index in [2.05, 4.69) is 5.32 Å². The van der Waals surface area contributed by atoms with Gasteiger partial charge in [0.2, 0.25) is 0 Å². The van der Waals surface area contributed by atoms with Crippen LogP contribution in [0.25, 0.3) is 0 Å². The first kappa shape index (κ1) is 21.6. The molecule has 0 spiro atoms. The predicted octanol–water partition coefficient (Wildman–Crippen LogP) is 4.28. The number of nitrogens with one attached hydrogen (secondary N) is 1. The molecule has 0 radical (unpaired) electrons. The van der Waals surface area contributed by atoms with E-state index < -0.39 is 17.8 Å². The molecule has 0 bridgehead atoms. The van der Waals surface area contributed by atoms with Gasteiger partial charge in [-0.2, -0.15) is 0 Å². The van der Waals surface area contributed by atoms with Crippen LogP contribution in [0.15, 0.2) is 42.5 Å². The summed E-state index contributed by atoms with van der Waals surface area (Å²) in [5.41, 5.74) is 1.31. The third kappa shape index (κ3) is 5.63. The van der Waals surface area contributed by atoms with E-state index in [0.29, 0.717) is 22.2 Å². The third-order valence-corrected chi connectivity index (χ3v) is 4.41. The number of halogens is 1. The number of ether oxygens (including phenoxy) is 3. The van der Waals surface area contributed by atoms with Crippen LogP contribution >= 0.6 is 11.6 Å². The Labute approximate surface area is 169 Å². The van der Waals surface area contributed by atoms with Gasteiger partial charge in [0, 0.05) is 16.8 Å². The molecular weight excluding hydrogens is 382 g/mol. The fourth-order valence-corrected chi connectivity index (χ4v) is 2.93. The minimum absolute atomic E-state index is 0.00239. The smallest absolute Gasteiger partial charge is 0.314 e. The van der Waals surface area contributed by atoms with Gasteiger partial charge in [0.15, 0.2) is 18.1 Å². The normalized spacial score (nSPS) is 11.6. The fraction of sp³-hybridized carbons (Fsp3) is 0.333. The number of rotatable bonds is 8. The number of carbonyl (C=O) groups is 2. The third-order valence-electron chi connectivity index (χ3n) is 4.16. The van der Waals surface area contributed by atoms with Crippen LogP contribution < -0.4 is 14.8 Å². The van der Waals surface area contributed by atoms with Crippen molar-refractivity contribution < 1.29 is 23.8 Å². The second kappa shape index (κ2) is 9.99. The minimum Gasteiger partial charge on any atom is -0.493 e. The van der Waals surface area contributed by atoms with E-state index in [1.54, 1.807) is 42.5 Å². The summed E-state index contributed by atoms with van der Waals surface area (Å²) < 4.78 is 15.6. The van der Waals surface area contributed by atoms with Crippen LogP contribution in [0.1, 0.15) is 25.3 Å². The first-order valence-electron chi connectivity index (χ1n) is 8.79. The Bertz CT molecular complexity index is 820. The highest BCUT2D eigenvalue weighted by Gasteiger charge is 2.26. The molecule has 0 saturated carbocycles. The van der Waals surface area contributed by atoms with Crippen molar-refractivity contribution in [3.05, 3.63) is 53.1 Å². The summed E-state index contributed by atoms with van der Waals surface area (Å²) in [5.74, 6) is -0.345. The van der Waals surface area contributed by atoms with E-state index >= 15 is 0 Å². The number of hydrogen-bond acceptors (Lipinski definition) is 5. The van der Waals surface area contributed by atoms with Gasteiger partial charge in [0.05, 0.1) is 20.1 Å². The highest BCUT2D eigenvalue weighted by atomic mass is 35.5. The Hall–Kier alpha value is -2.73. The summed E-state index contributed by atoms with van der Waals surface area (Å²) in [6.07, 6.45) is 0. The van der Waals surface area contributed by atoms with Gasteiger partial charge < -0.3 is 19.5 Å². The number of methoxy groups -OCH3 is 2. The van der Waals surface area contributed by atoms with E-state index in [0.717, 1.165) is 5.56 Å². The molecule has 1 atom stereocenters. The molecular formula is C21H24ClNO5. The first-order valence-corrected chi connectivity index (χ1v) is 9.17. The van der Waals surface area contributed by atoms with Gasteiger partial charge in [-0.3, -0.25) is 9.59 Å². The molecule has 2 aromatic rings. The van der Waals surface area contributed by atoms with Crippen LogP contribution in [0.5, 0.6) is 11.5 Å². The fourth-order valence-electron chi connectivity index (χ4n) is 2.80. The molecule has 150 valence electrons. The molecule has 0 aromatic heterocycles. The van der Waals surface area contributed by atoms with Gasteiger partial charge in [-0.05, 0) is 35.7 Å². The molecule has 0 saturated heterocycles. The maximum Gasteiger partial charge on any atom is 0.314 e. The number of anilines is 1. The van der Waals surface area contributed by atoms with Crippen molar-refractivity contribution in [2.45, 2.75) is 19.8 Å². The van der Waals surface area contributed by atoms with Crippen LogP contribution in [0.2, 0.25) is 5.02 Å². The summed E-state index contributed by atoms with van der Waals surface area (Å²) in [6.45, 7) is 3.46. The number of amides is 1. The summed E-state index contributed by atoms with van der Waals surface area (Å²) in [6, 6.07) is 12.0. The average Bonchev–Trinajstić information content (AvgIpc) is 2.67. The first-order chi connectivity index (χ1) is 13.3. The van der Waals surface area contributed by atoms with Crippen molar-refractivity contribution >= 4 is 29.2 Å². The highest BCUT2D eigenvalue weighted by molar-refractivity contribution is 6.30. The molecule has 7 heteroatoms. The lowest BCUT2D eigenvalue weighted by atomic mass is 9.88. The van der Waals surface area contributed by atoms with E-state index in [1.165, 1.54) is 14.2 Å². The van der Waals surface area contributed by atoms with Crippen molar-refractivity contribution in [3.63, 3.8) is 0 Å². The predicted molar refractivity (Wildman–Crippen MR) is 108 cm³/mol. The molecule has 1 N–H and O–H groups in total. The maximum absolute atomic E-state index is 12.5. The van der Waals surface area contributed by atoms with E-state index in [9.17, 15) is 9.59 Å². The molecule has 6 nitrogen and oxygen atoms in total. The quantitative estimate of drug-likeness (QED) is 0.663. The topological polar surface area (TPSA) is 73.9 Å². The maximum atomic E-state index is 12.5. The summed E-state index contributed by atoms with van der Waals surface area (Å²) >= 11 is 5.91. The van der Waals surface area contributed by atoms with Crippen molar-refractivity contribution in [2.24, 2.45) is 5.92 Å². The van der Waals surface area contributed by atoms with Crippen molar-refractivity contribution in [2.75, 3.05) is 26.1 Å².